The van der Waals surface area contributed by atoms with Crippen molar-refractivity contribution in [3.05, 3.63) is 41.7 Å². The van der Waals surface area contributed by atoms with E-state index in [4.69, 9.17) is 22.1 Å². The van der Waals surface area contributed by atoms with Gasteiger partial charge in [0.1, 0.15) is 10.9 Å². The highest BCUT2D eigenvalue weighted by molar-refractivity contribution is 6.32. The normalized spacial score (nSPS) is 10.7. The molecular weight excluding hydrogens is 276 g/mol. The number of nitrogens with two attached hydrogens (primary N) is 1. The molecule has 0 unspecified atom stereocenters. The third-order valence-electron chi connectivity index (χ3n) is 2.94. The van der Waals surface area contributed by atoms with E-state index in [2.05, 4.69) is 15.0 Å². The SMILES string of the molecule is COc1ccc(-c2cc3cnc(N)nc3nc2Cl)cc1. The van der Waals surface area contributed by atoms with Crippen molar-refractivity contribution >= 4 is 28.6 Å². The molecule has 1 aromatic carbocycles. The predicted octanol–water partition coefficient (Wildman–Crippen LogP) is 2.94. The number of nitrogens with zero attached hydrogens (tertiary/aromatic N) is 3. The molecule has 5 nitrogen and oxygen atoms in total. The summed E-state index contributed by atoms with van der Waals surface area (Å²) in [5.74, 6) is 0.966. The second-order valence-corrected chi connectivity index (χ2v) is 4.55. The fourth-order valence-corrected chi connectivity index (χ4v) is 2.17. The lowest BCUT2D eigenvalue weighted by Gasteiger charge is -2.07. The van der Waals surface area contributed by atoms with Crippen LogP contribution in [0.5, 0.6) is 5.75 Å². The summed E-state index contributed by atoms with van der Waals surface area (Å²) >= 11 is 6.22. The van der Waals surface area contributed by atoms with Gasteiger partial charge in [-0.25, -0.2) is 9.97 Å². The first-order chi connectivity index (χ1) is 9.67. The van der Waals surface area contributed by atoms with E-state index in [1.165, 1.54) is 0 Å². The summed E-state index contributed by atoms with van der Waals surface area (Å²) < 4.78 is 5.14. The Morgan fingerprint density at radius 1 is 1.15 bits per heavy atom. The van der Waals surface area contributed by atoms with Crippen LogP contribution in [0.2, 0.25) is 5.15 Å². The lowest BCUT2D eigenvalue weighted by molar-refractivity contribution is 0.415. The van der Waals surface area contributed by atoms with Gasteiger partial charge in [-0.1, -0.05) is 23.7 Å². The lowest BCUT2D eigenvalue weighted by Crippen LogP contribution is -1.96. The van der Waals surface area contributed by atoms with Crippen LogP contribution in [0.3, 0.4) is 0 Å². The van der Waals surface area contributed by atoms with Gasteiger partial charge in [0.15, 0.2) is 5.65 Å². The van der Waals surface area contributed by atoms with Crippen LogP contribution in [0.1, 0.15) is 0 Å². The molecule has 0 saturated carbocycles. The molecule has 2 aromatic heterocycles. The van der Waals surface area contributed by atoms with Crippen molar-refractivity contribution in [3.63, 3.8) is 0 Å². The molecule has 3 rings (SSSR count). The summed E-state index contributed by atoms with van der Waals surface area (Å²) in [6.45, 7) is 0. The van der Waals surface area contributed by atoms with Crippen molar-refractivity contribution < 1.29 is 4.74 Å². The average Bonchev–Trinajstić information content (AvgIpc) is 2.46. The Morgan fingerprint density at radius 3 is 2.60 bits per heavy atom. The van der Waals surface area contributed by atoms with E-state index in [0.29, 0.717) is 10.8 Å². The van der Waals surface area contributed by atoms with Gasteiger partial charge in [-0.3, -0.25) is 0 Å². The minimum absolute atomic E-state index is 0.179. The van der Waals surface area contributed by atoms with Gasteiger partial charge in [0, 0.05) is 17.1 Å². The lowest BCUT2D eigenvalue weighted by atomic mass is 10.1. The number of pyridine rings is 1. The number of hydrogen-bond donors (Lipinski definition) is 1. The van der Waals surface area contributed by atoms with E-state index < -0.39 is 0 Å². The Kier molecular flexibility index (Phi) is 3.12. The first-order valence-corrected chi connectivity index (χ1v) is 6.28. The molecule has 3 aromatic rings. The first-order valence-electron chi connectivity index (χ1n) is 5.90. The Morgan fingerprint density at radius 2 is 1.90 bits per heavy atom. The number of aromatic nitrogens is 3. The number of halogens is 1. The number of anilines is 1. The van der Waals surface area contributed by atoms with Crippen molar-refractivity contribution in [1.29, 1.82) is 0 Å². The summed E-state index contributed by atoms with van der Waals surface area (Å²) in [7, 11) is 1.63. The highest BCUT2D eigenvalue weighted by atomic mass is 35.5. The maximum absolute atomic E-state index is 6.22. The zero-order chi connectivity index (χ0) is 14.1. The number of methoxy groups -OCH3 is 1. The van der Waals surface area contributed by atoms with E-state index in [1.54, 1.807) is 13.3 Å². The molecule has 6 heteroatoms. The number of fused-ring (bicyclic) bond motifs is 1. The molecule has 100 valence electrons. The van der Waals surface area contributed by atoms with Crippen LogP contribution in [0.4, 0.5) is 5.95 Å². The molecule has 20 heavy (non-hydrogen) atoms. The Hall–Kier alpha value is -2.40. The van der Waals surface area contributed by atoms with Crippen molar-refractivity contribution in [2.24, 2.45) is 0 Å². The van der Waals surface area contributed by atoms with E-state index in [1.807, 2.05) is 30.3 Å². The monoisotopic (exact) mass is 286 g/mol. The fraction of sp³-hybridized carbons (Fsp3) is 0.0714. The van der Waals surface area contributed by atoms with Crippen molar-refractivity contribution in [2.75, 3.05) is 12.8 Å². The smallest absolute Gasteiger partial charge is 0.222 e. The Labute approximate surface area is 120 Å². The molecule has 0 amide bonds. The minimum Gasteiger partial charge on any atom is -0.497 e. The molecule has 0 aliphatic rings. The highest BCUT2D eigenvalue weighted by Gasteiger charge is 2.09. The third-order valence-corrected chi connectivity index (χ3v) is 3.23. The summed E-state index contributed by atoms with van der Waals surface area (Å²) in [6.07, 6.45) is 1.63. The largest absolute Gasteiger partial charge is 0.497 e. The Bertz CT molecular complexity index is 774. The molecule has 0 spiro atoms. The van der Waals surface area contributed by atoms with Gasteiger partial charge < -0.3 is 10.5 Å². The van der Waals surface area contributed by atoms with Crippen LogP contribution in [0, 0.1) is 0 Å². The second kappa shape index (κ2) is 4.94. The second-order valence-electron chi connectivity index (χ2n) is 4.20. The molecule has 2 heterocycles. The average molecular weight is 287 g/mol. The molecular formula is C14H11ClN4O. The van der Waals surface area contributed by atoms with Crippen LogP contribution in [0.15, 0.2) is 36.5 Å². The molecule has 0 aliphatic carbocycles. The van der Waals surface area contributed by atoms with Crippen LogP contribution >= 0.6 is 11.6 Å². The minimum atomic E-state index is 0.179. The topological polar surface area (TPSA) is 73.9 Å². The number of benzene rings is 1. The maximum Gasteiger partial charge on any atom is 0.222 e. The van der Waals surface area contributed by atoms with Gasteiger partial charge in [0.05, 0.1) is 7.11 Å². The van der Waals surface area contributed by atoms with E-state index >= 15 is 0 Å². The summed E-state index contributed by atoms with van der Waals surface area (Å²) in [5, 5.41) is 1.16. The van der Waals surface area contributed by atoms with Gasteiger partial charge >= 0.3 is 0 Å². The molecule has 0 aliphatic heterocycles. The van der Waals surface area contributed by atoms with Crippen molar-refractivity contribution in [3.8, 4) is 16.9 Å². The number of ether oxygens (including phenoxy) is 1. The van der Waals surface area contributed by atoms with Crippen molar-refractivity contribution in [2.45, 2.75) is 0 Å². The number of hydrogen-bond acceptors (Lipinski definition) is 5. The quantitative estimate of drug-likeness (QED) is 0.733. The zero-order valence-corrected chi connectivity index (χ0v) is 11.4. The fourth-order valence-electron chi connectivity index (χ4n) is 1.93. The standard InChI is InChI=1S/C14H11ClN4O/c1-20-10-4-2-8(3-5-10)11-6-9-7-17-14(16)19-13(9)18-12(11)15/h2-7H,1H3,(H2,16,17,18,19). The molecule has 2 N–H and O–H groups in total. The van der Waals surface area contributed by atoms with Gasteiger partial charge in [0.25, 0.3) is 0 Å². The van der Waals surface area contributed by atoms with Crippen LogP contribution < -0.4 is 10.5 Å². The maximum atomic E-state index is 6.22. The van der Waals surface area contributed by atoms with Crippen LogP contribution in [0.25, 0.3) is 22.2 Å². The van der Waals surface area contributed by atoms with Gasteiger partial charge in [0.2, 0.25) is 5.95 Å². The number of nitrogen functional groups attached to an aromatic ring is 1. The summed E-state index contributed by atoms with van der Waals surface area (Å²) in [6, 6.07) is 9.48. The summed E-state index contributed by atoms with van der Waals surface area (Å²) in [4.78, 5) is 12.3. The predicted molar refractivity (Wildman–Crippen MR) is 78.7 cm³/mol. The van der Waals surface area contributed by atoms with Gasteiger partial charge in [-0.15, -0.1) is 0 Å². The van der Waals surface area contributed by atoms with Gasteiger partial charge in [-0.2, -0.15) is 4.98 Å². The highest BCUT2D eigenvalue weighted by Crippen LogP contribution is 2.30. The molecule has 0 bridgehead atoms. The van der Waals surface area contributed by atoms with Gasteiger partial charge in [-0.05, 0) is 23.8 Å². The molecule has 0 atom stereocenters. The first kappa shape index (κ1) is 12.6. The zero-order valence-electron chi connectivity index (χ0n) is 10.7. The Balaban J connectivity index is 2.14. The molecule has 0 radical (unpaired) electrons. The van der Waals surface area contributed by atoms with E-state index in [0.717, 1.165) is 22.3 Å². The third kappa shape index (κ3) is 2.23. The van der Waals surface area contributed by atoms with E-state index in [9.17, 15) is 0 Å². The van der Waals surface area contributed by atoms with Crippen LogP contribution in [-0.2, 0) is 0 Å². The van der Waals surface area contributed by atoms with Crippen LogP contribution in [-0.4, -0.2) is 22.1 Å². The number of rotatable bonds is 2. The molecule has 0 saturated heterocycles. The summed E-state index contributed by atoms with van der Waals surface area (Å²) in [5.41, 5.74) is 7.78. The van der Waals surface area contributed by atoms with Crippen molar-refractivity contribution in [1.82, 2.24) is 15.0 Å². The van der Waals surface area contributed by atoms with E-state index in [-0.39, 0.29) is 5.95 Å². The molecule has 0 fully saturated rings.